The second-order valence-electron chi connectivity index (χ2n) is 5.84. The number of nitrogens with one attached hydrogen (secondary N) is 1. The Morgan fingerprint density at radius 2 is 1.62 bits per heavy atom. The number of dihydropyridines is 1. The monoisotopic (exact) mass is 275 g/mol. The number of allylic oxidation sites excluding steroid dienone is 2. The molecule has 3 rings (SSSR count). The van der Waals surface area contributed by atoms with Gasteiger partial charge in [0.1, 0.15) is 0 Å². The van der Waals surface area contributed by atoms with E-state index >= 15 is 0 Å². The quantitative estimate of drug-likeness (QED) is 0.826. The van der Waals surface area contributed by atoms with Gasteiger partial charge in [-0.1, -0.05) is 65.7 Å². The first-order chi connectivity index (χ1) is 10.1. The molecule has 1 heteroatoms. The van der Waals surface area contributed by atoms with E-state index in [9.17, 15) is 0 Å². The highest BCUT2D eigenvalue weighted by atomic mass is 14.9. The number of rotatable bonds is 2. The lowest BCUT2D eigenvalue weighted by Gasteiger charge is -2.21. The predicted molar refractivity (Wildman–Crippen MR) is 90.1 cm³/mol. The Kier molecular flexibility index (Phi) is 3.66. The molecule has 106 valence electrons. The van der Waals surface area contributed by atoms with E-state index in [0.717, 1.165) is 0 Å². The Morgan fingerprint density at radius 1 is 0.905 bits per heavy atom. The van der Waals surface area contributed by atoms with Gasteiger partial charge in [-0.3, -0.25) is 0 Å². The number of aryl methyl sites for hydroxylation is 3. The molecule has 0 amide bonds. The Labute approximate surface area is 127 Å². The maximum atomic E-state index is 3.51. The molecule has 1 atom stereocenters. The maximum absolute atomic E-state index is 3.51. The van der Waals surface area contributed by atoms with Gasteiger partial charge in [-0.05, 0) is 43.0 Å². The van der Waals surface area contributed by atoms with Crippen molar-refractivity contribution in [1.82, 2.24) is 5.32 Å². The fraction of sp³-hybridized carbons (Fsp3) is 0.200. The van der Waals surface area contributed by atoms with E-state index in [-0.39, 0.29) is 6.04 Å². The molecule has 0 aromatic heterocycles. The van der Waals surface area contributed by atoms with E-state index in [1.54, 1.807) is 0 Å². The molecular weight excluding hydrogens is 254 g/mol. The molecular formula is C20H21N. The van der Waals surface area contributed by atoms with Crippen molar-refractivity contribution in [3.63, 3.8) is 0 Å². The molecule has 1 aliphatic heterocycles. The van der Waals surface area contributed by atoms with Gasteiger partial charge in [0.15, 0.2) is 0 Å². The molecule has 1 aliphatic rings. The van der Waals surface area contributed by atoms with Crippen LogP contribution in [0.4, 0.5) is 0 Å². The summed E-state index contributed by atoms with van der Waals surface area (Å²) in [5, 5.41) is 3.51. The van der Waals surface area contributed by atoms with Crippen LogP contribution in [-0.2, 0) is 0 Å². The highest BCUT2D eigenvalue weighted by molar-refractivity contribution is 5.75. The molecule has 2 aromatic carbocycles. The highest BCUT2D eigenvalue weighted by Crippen LogP contribution is 2.26. The minimum Gasteiger partial charge on any atom is -0.380 e. The number of hydrogen-bond acceptors (Lipinski definition) is 1. The van der Waals surface area contributed by atoms with Crippen LogP contribution in [0.5, 0.6) is 0 Å². The van der Waals surface area contributed by atoms with Crippen LogP contribution >= 0.6 is 0 Å². The third kappa shape index (κ3) is 2.92. The largest absolute Gasteiger partial charge is 0.380 e. The fourth-order valence-electron chi connectivity index (χ4n) is 2.93. The van der Waals surface area contributed by atoms with E-state index < -0.39 is 0 Å². The number of benzene rings is 2. The van der Waals surface area contributed by atoms with Gasteiger partial charge in [0, 0.05) is 6.20 Å². The molecule has 0 radical (unpaired) electrons. The summed E-state index contributed by atoms with van der Waals surface area (Å²) in [4.78, 5) is 0. The van der Waals surface area contributed by atoms with Gasteiger partial charge in [-0.25, -0.2) is 0 Å². The summed E-state index contributed by atoms with van der Waals surface area (Å²) in [5.74, 6) is 0. The van der Waals surface area contributed by atoms with Gasteiger partial charge >= 0.3 is 0 Å². The predicted octanol–water partition coefficient (Wildman–Crippen LogP) is 4.85. The van der Waals surface area contributed by atoms with Crippen LogP contribution in [0.2, 0.25) is 0 Å². The van der Waals surface area contributed by atoms with Crippen molar-refractivity contribution in [3.05, 3.63) is 88.6 Å². The third-order valence-electron chi connectivity index (χ3n) is 3.97. The lowest BCUT2D eigenvalue weighted by molar-refractivity contribution is 0.744. The van der Waals surface area contributed by atoms with E-state index in [0.29, 0.717) is 0 Å². The van der Waals surface area contributed by atoms with Crippen LogP contribution < -0.4 is 5.32 Å². The van der Waals surface area contributed by atoms with Gasteiger partial charge < -0.3 is 5.32 Å². The molecule has 0 saturated heterocycles. The topological polar surface area (TPSA) is 12.0 Å². The molecule has 0 saturated carbocycles. The van der Waals surface area contributed by atoms with Crippen molar-refractivity contribution >= 4 is 5.57 Å². The van der Waals surface area contributed by atoms with E-state index in [2.05, 4.69) is 86.9 Å². The summed E-state index contributed by atoms with van der Waals surface area (Å²) in [7, 11) is 0. The smallest absolute Gasteiger partial charge is 0.0698 e. The first-order valence-corrected chi connectivity index (χ1v) is 7.42. The Morgan fingerprint density at radius 3 is 2.24 bits per heavy atom. The molecule has 0 aliphatic carbocycles. The standard InChI is InChI=1S/C20H21N/c1-14-10-15(2)12-18(11-14)17-8-9-20(21-13-17)19-7-5-4-6-16(19)3/h4-13,20-21H,1-3H3. The van der Waals surface area contributed by atoms with E-state index in [1.807, 2.05) is 0 Å². The van der Waals surface area contributed by atoms with Crippen LogP contribution in [0.25, 0.3) is 5.57 Å². The van der Waals surface area contributed by atoms with Crippen molar-refractivity contribution in [1.29, 1.82) is 0 Å². The summed E-state index contributed by atoms with van der Waals surface area (Å²) in [5.41, 5.74) is 7.79. The highest BCUT2D eigenvalue weighted by Gasteiger charge is 2.13. The normalized spacial score (nSPS) is 17.3. The van der Waals surface area contributed by atoms with Crippen LogP contribution in [0.1, 0.15) is 33.9 Å². The molecule has 1 unspecified atom stereocenters. The lowest BCUT2D eigenvalue weighted by Crippen LogP contribution is -2.17. The SMILES string of the molecule is Cc1cc(C)cc(C2=CNC(c3ccccc3C)C=C2)c1. The molecule has 0 bridgehead atoms. The molecule has 0 spiro atoms. The Bertz CT molecular complexity index is 702. The minimum absolute atomic E-state index is 0.265. The second-order valence-corrected chi connectivity index (χ2v) is 5.84. The van der Waals surface area contributed by atoms with Crippen molar-refractivity contribution in [3.8, 4) is 0 Å². The summed E-state index contributed by atoms with van der Waals surface area (Å²) >= 11 is 0. The zero-order valence-corrected chi connectivity index (χ0v) is 12.9. The van der Waals surface area contributed by atoms with Gasteiger partial charge in [0.2, 0.25) is 0 Å². The second kappa shape index (κ2) is 5.61. The van der Waals surface area contributed by atoms with Crippen LogP contribution in [0.15, 0.2) is 60.8 Å². The molecule has 2 aromatic rings. The summed E-state index contributed by atoms with van der Waals surface area (Å²) in [6.07, 6.45) is 6.60. The maximum Gasteiger partial charge on any atom is 0.0698 e. The molecule has 1 nitrogen and oxygen atoms in total. The van der Waals surface area contributed by atoms with Gasteiger partial charge in [0.05, 0.1) is 6.04 Å². The average molecular weight is 275 g/mol. The molecule has 21 heavy (non-hydrogen) atoms. The Balaban J connectivity index is 1.85. The minimum atomic E-state index is 0.265. The van der Waals surface area contributed by atoms with Gasteiger partial charge in [-0.2, -0.15) is 0 Å². The lowest BCUT2D eigenvalue weighted by atomic mass is 9.95. The van der Waals surface area contributed by atoms with E-state index in [1.165, 1.54) is 33.4 Å². The van der Waals surface area contributed by atoms with Crippen LogP contribution in [0.3, 0.4) is 0 Å². The first kappa shape index (κ1) is 13.7. The summed E-state index contributed by atoms with van der Waals surface area (Å²) in [6.45, 7) is 6.45. The van der Waals surface area contributed by atoms with Crippen molar-refractivity contribution in [2.75, 3.05) is 0 Å². The number of hydrogen-bond donors (Lipinski definition) is 1. The van der Waals surface area contributed by atoms with Gasteiger partial charge in [0.25, 0.3) is 0 Å². The van der Waals surface area contributed by atoms with Crippen LogP contribution in [-0.4, -0.2) is 0 Å². The summed E-state index contributed by atoms with van der Waals surface area (Å²) < 4.78 is 0. The van der Waals surface area contributed by atoms with Gasteiger partial charge in [-0.15, -0.1) is 0 Å². The zero-order chi connectivity index (χ0) is 14.8. The Hall–Kier alpha value is -2.28. The third-order valence-corrected chi connectivity index (χ3v) is 3.97. The van der Waals surface area contributed by atoms with Crippen molar-refractivity contribution < 1.29 is 0 Å². The average Bonchev–Trinajstić information content (AvgIpc) is 2.47. The first-order valence-electron chi connectivity index (χ1n) is 7.42. The summed E-state index contributed by atoms with van der Waals surface area (Å²) in [6, 6.07) is 15.5. The van der Waals surface area contributed by atoms with E-state index in [4.69, 9.17) is 0 Å². The molecule has 0 fully saturated rings. The van der Waals surface area contributed by atoms with Crippen molar-refractivity contribution in [2.45, 2.75) is 26.8 Å². The van der Waals surface area contributed by atoms with Crippen molar-refractivity contribution in [2.24, 2.45) is 0 Å². The van der Waals surface area contributed by atoms with Crippen LogP contribution in [0, 0.1) is 20.8 Å². The molecule has 1 heterocycles. The fourth-order valence-corrected chi connectivity index (χ4v) is 2.93. The molecule has 1 N–H and O–H groups in total. The zero-order valence-electron chi connectivity index (χ0n) is 12.9.